The van der Waals surface area contributed by atoms with Gasteiger partial charge in [0.25, 0.3) is 0 Å². The molecule has 6 N–H and O–H groups in total. The molecule has 1 saturated heterocycles. The average molecular weight is 612 g/mol. The molecule has 234 valence electrons. The summed E-state index contributed by atoms with van der Waals surface area (Å²) in [5.74, 6) is 0.227. The van der Waals surface area contributed by atoms with Crippen molar-refractivity contribution >= 4 is 5.97 Å². The van der Waals surface area contributed by atoms with Crippen molar-refractivity contribution in [2.75, 3.05) is 34.4 Å². The number of carboxylic acids is 1. The topological polar surface area (TPSA) is 186 Å². The van der Waals surface area contributed by atoms with Crippen molar-refractivity contribution in [2.45, 2.75) is 42.2 Å². The molecule has 3 aliphatic heterocycles. The SMILES string of the molecule is CNC[C@@]1(C(=O)O)O[C@@H](Oc2cc3c(c(-c4cccc(O)c4)c2)[C@@H]2Oc4c(ccc(OC)c4OC)[C@H]2CO3)[C@H](O)[C@@H](O)[C@@H]1O. The van der Waals surface area contributed by atoms with E-state index in [1.54, 1.807) is 36.4 Å². The van der Waals surface area contributed by atoms with E-state index in [2.05, 4.69) is 5.32 Å². The maximum Gasteiger partial charge on any atom is 0.340 e. The summed E-state index contributed by atoms with van der Waals surface area (Å²) in [5.41, 5.74) is 0.379. The third kappa shape index (κ3) is 4.64. The van der Waals surface area contributed by atoms with E-state index < -0.39 is 42.3 Å². The number of benzene rings is 3. The Labute approximate surface area is 252 Å². The first kappa shape index (κ1) is 29.8. The van der Waals surface area contributed by atoms with Crippen LogP contribution in [0, 0.1) is 0 Å². The summed E-state index contributed by atoms with van der Waals surface area (Å²) < 4.78 is 35.5. The maximum absolute atomic E-state index is 12.2. The lowest BCUT2D eigenvalue weighted by Gasteiger charge is -2.45. The highest BCUT2D eigenvalue weighted by Gasteiger charge is 2.59. The van der Waals surface area contributed by atoms with Gasteiger partial charge in [-0.1, -0.05) is 18.2 Å². The van der Waals surface area contributed by atoms with Gasteiger partial charge in [-0.2, -0.15) is 0 Å². The summed E-state index contributed by atoms with van der Waals surface area (Å²) in [4.78, 5) is 12.2. The quantitative estimate of drug-likeness (QED) is 0.216. The van der Waals surface area contributed by atoms with Gasteiger partial charge in [-0.3, -0.25) is 0 Å². The Morgan fingerprint density at radius 3 is 2.55 bits per heavy atom. The van der Waals surface area contributed by atoms with Gasteiger partial charge >= 0.3 is 5.97 Å². The van der Waals surface area contributed by atoms with Crippen LogP contribution in [0.15, 0.2) is 48.5 Å². The van der Waals surface area contributed by atoms with Crippen LogP contribution in [0.1, 0.15) is 23.1 Å². The number of hydrogen-bond donors (Lipinski definition) is 6. The number of fused-ring (bicyclic) bond motifs is 5. The van der Waals surface area contributed by atoms with Crippen molar-refractivity contribution in [3.63, 3.8) is 0 Å². The highest BCUT2D eigenvalue weighted by atomic mass is 16.7. The van der Waals surface area contributed by atoms with Gasteiger partial charge in [0.15, 0.2) is 11.5 Å². The largest absolute Gasteiger partial charge is 0.508 e. The number of aromatic hydroxyl groups is 1. The highest BCUT2D eigenvalue weighted by molar-refractivity contribution is 5.79. The lowest BCUT2D eigenvalue weighted by atomic mass is 9.85. The zero-order valence-corrected chi connectivity index (χ0v) is 24.1. The second-order valence-electron chi connectivity index (χ2n) is 10.9. The molecule has 3 aromatic carbocycles. The predicted molar refractivity (Wildman–Crippen MR) is 153 cm³/mol. The summed E-state index contributed by atoms with van der Waals surface area (Å²) in [5, 5.41) is 54.8. The molecule has 0 spiro atoms. The Kier molecular flexibility index (Phi) is 7.68. The van der Waals surface area contributed by atoms with Gasteiger partial charge in [0.1, 0.15) is 41.7 Å². The van der Waals surface area contributed by atoms with E-state index in [0.717, 1.165) is 5.56 Å². The highest BCUT2D eigenvalue weighted by Crippen LogP contribution is 2.58. The molecule has 0 unspecified atom stereocenters. The van der Waals surface area contributed by atoms with E-state index in [4.69, 9.17) is 28.4 Å². The van der Waals surface area contributed by atoms with Crippen LogP contribution in [-0.2, 0) is 9.53 Å². The van der Waals surface area contributed by atoms with Crippen LogP contribution in [0.3, 0.4) is 0 Å². The molecule has 3 aromatic rings. The van der Waals surface area contributed by atoms with Gasteiger partial charge in [0.2, 0.25) is 17.6 Å². The zero-order chi connectivity index (χ0) is 31.3. The van der Waals surface area contributed by atoms with Crippen LogP contribution in [0.4, 0.5) is 0 Å². The number of phenolic OH excluding ortho intramolecular Hbond substituents is 1. The molecule has 0 saturated carbocycles. The number of nitrogens with one attached hydrogen (secondary N) is 1. The molecular weight excluding hydrogens is 578 g/mol. The molecule has 0 aliphatic carbocycles. The molecule has 0 aromatic heterocycles. The molecule has 44 heavy (non-hydrogen) atoms. The average Bonchev–Trinajstić information content (AvgIpc) is 3.40. The third-order valence-corrected chi connectivity index (χ3v) is 8.33. The molecule has 6 rings (SSSR count). The first-order valence-corrected chi connectivity index (χ1v) is 13.9. The summed E-state index contributed by atoms with van der Waals surface area (Å²) in [7, 11) is 4.53. The molecule has 1 fully saturated rings. The molecule has 0 bridgehead atoms. The number of likely N-dealkylation sites (N-methyl/N-ethyl adjacent to an activating group) is 1. The number of carbonyl (C=O) groups is 1. The second kappa shape index (κ2) is 11.3. The number of methoxy groups -OCH3 is 2. The molecule has 7 atom stereocenters. The minimum absolute atomic E-state index is 0.0133. The first-order chi connectivity index (χ1) is 21.1. The maximum atomic E-state index is 12.2. The molecule has 0 radical (unpaired) electrons. The molecule has 3 heterocycles. The van der Waals surface area contributed by atoms with E-state index in [0.29, 0.717) is 39.7 Å². The molecule has 3 aliphatic rings. The third-order valence-electron chi connectivity index (χ3n) is 8.33. The van der Waals surface area contributed by atoms with Crippen molar-refractivity contribution < 1.29 is 58.7 Å². The standard InChI is InChI=1S/C31H33NO12/c1-32-13-31(30(37)38)28(36)23(34)24(35)29(44-31)42-16-10-18(14-5-4-6-15(33)9-14)22-21(11-16)41-12-19-17-7-8-20(39-2)27(40-3)26(17)43-25(19)22/h4-11,19,23-25,28-29,32-36H,12-13H2,1-3H3,(H,37,38)/t19-,23-,24-,25-,28+,29-,31-/m1/s1. The number of rotatable bonds is 8. The molecule has 13 nitrogen and oxygen atoms in total. The van der Waals surface area contributed by atoms with E-state index in [1.165, 1.54) is 27.3 Å². The lowest BCUT2D eigenvalue weighted by molar-refractivity contribution is -0.305. The van der Waals surface area contributed by atoms with Crippen molar-refractivity contribution in [1.82, 2.24) is 5.32 Å². The Morgan fingerprint density at radius 1 is 1.07 bits per heavy atom. The Hall–Kier alpha value is -4.27. The fraction of sp³-hybridized carbons (Fsp3) is 0.387. The number of aliphatic hydroxyl groups excluding tert-OH is 3. The normalized spacial score (nSPS) is 28.5. The van der Waals surface area contributed by atoms with Gasteiger partial charge in [-0.05, 0) is 42.4 Å². The monoisotopic (exact) mass is 611 g/mol. The Balaban J connectivity index is 1.43. The van der Waals surface area contributed by atoms with E-state index in [1.807, 2.05) is 6.07 Å². The van der Waals surface area contributed by atoms with Gasteiger partial charge < -0.3 is 59.3 Å². The minimum Gasteiger partial charge on any atom is -0.508 e. The number of aliphatic hydroxyl groups is 3. The fourth-order valence-corrected chi connectivity index (χ4v) is 6.17. The Bertz CT molecular complexity index is 1580. The summed E-state index contributed by atoms with van der Waals surface area (Å²) in [6.45, 7) is -0.148. The van der Waals surface area contributed by atoms with Crippen LogP contribution < -0.4 is 29.0 Å². The van der Waals surface area contributed by atoms with Crippen LogP contribution >= 0.6 is 0 Å². The van der Waals surface area contributed by atoms with Crippen molar-refractivity contribution in [2.24, 2.45) is 0 Å². The lowest BCUT2D eigenvalue weighted by Crippen LogP contribution is -2.71. The predicted octanol–water partition coefficient (Wildman–Crippen LogP) is 1.55. The fourth-order valence-electron chi connectivity index (χ4n) is 6.17. The van der Waals surface area contributed by atoms with Crippen LogP contribution in [0.25, 0.3) is 11.1 Å². The molecular formula is C31H33NO12. The van der Waals surface area contributed by atoms with E-state index >= 15 is 0 Å². The minimum atomic E-state index is -2.31. The van der Waals surface area contributed by atoms with Gasteiger partial charge in [-0.25, -0.2) is 4.79 Å². The number of aliphatic carboxylic acids is 1. The first-order valence-electron chi connectivity index (χ1n) is 13.9. The summed E-state index contributed by atoms with van der Waals surface area (Å²) >= 11 is 0. The van der Waals surface area contributed by atoms with Crippen LogP contribution in [0.2, 0.25) is 0 Å². The van der Waals surface area contributed by atoms with Crippen LogP contribution in [-0.4, -0.2) is 96.1 Å². The molecule has 13 heteroatoms. The van der Waals surface area contributed by atoms with E-state index in [9.17, 15) is 30.3 Å². The Morgan fingerprint density at radius 2 is 1.86 bits per heavy atom. The van der Waals surface area contributed by atoms with Crippen molar-refractivity contribution in [1.29, 1.82) is 0 Å². The summed E-state index contributed by atoms with van der Waals surface area (Å²) in [6.07, 6.45) is -7.85. The van der Waals surface area contributed by atoms with Gasteiger partial charge in [0.05, 0.1) is 26.7 Å². The number of ether oxygens (including phenoxy) is 6. The number of hydrogen-bond acceptors (Lipinski definition) is 12. The zero-order valence-electron chi connectivity index (χ0n) is 24.1. The second-order valence-corrected chi connectivity index (χ2v) is 10.9. The molecule has 0 amide bonds. The van der Waals surface area contributed by atoms with Crippen LogP contribution in [0.5, 0.6) is 34.5 Å². The van der Waals surface area contributed by atoms with E-state index in [-0.39, 0.29) is 30.6 Å². The number of carboxylic acid groups (broad SMARTS) is 1. The summed E-state index contributed by atoms with van der Waals surface area (Å²) in [6, 6.07) is 13.4. The van der Waals surface area contributed by atoms with Crippen molar-refractivity contribution in [3.05, 3.63) is 59.7 Å². The van der Waals surface area contributed by atoms with Crippen molar-refractivity contribution in [3.8, 4) is 45.6 Å². The number of phenols is 1. The van der Waals surface area contributed by atoms with Gasteiger partial charge in [-0.15, -0.1) is 0 Å². The van der Waals surface area contributed by atoms with Gasteiger partial charge in [0, 0.05) is 23.7 Å². The smallest absolute Gasteiger partial charge is 0.340 e.